The van der Waals surface area contributed by atoms with Gasteiger partial charge in [-0.2, -0.15) is 0 Å². The lowest BCUT2D eigenvalue weighted by Gasteiger charge is -2.30. The first-order valence-electron chi connectivity index (χ1n) is 9.72. The molecule has 0 radical (unpaired) electrons. The Morgan fingerprint density at radius 2 is 1.93 bits per heavy atom. The summed E-state index contributed by atoms with van der Waals surface area (Å²) >= 11 is 0. The highest BCUT2D eigenvalue weighted by Crippen LogP contribution is 2.34. The fourth-order valence-electron chi connectivity index (χ4n) is 3.48. The highest BCUT2D eigenvalue weighted by molar-refractivity contribution is 5.70. The minimum absolute atomic E-state index is 0.0608. The number of nitrogens with one attached hydrogen (secondary N) is 1. The molecule has 29 heavy (non-hydrogen) atoms. The van der Waals surface area contributed by atoms with E-state index in [4.69, 9.17) is 9.47 Å². The van der Waals surface area contributed by atoms with Crippen molar-refractivity contribution in [3.63, 3.8) is 0 Å². The lowest BCUT2D eigenvalue weighted by atomic mass is 9.99. The Kier molecular flexibility index (Phi) is 6.69. The number of aromatic nitrogens is 2. The quantitative estimate of drug-likeness (QED) is 0.531. The summed E-state index contributed by atoms with van der Waals surface area (Å²) in [5.41, 5.74) is 0.964. The molecule has 2 heterocycles. The third-order valence-corrected chi connectivity index (χ3v) is 5.22. The van der Waals surface area contributed by atoms with Gasteiger partial charge in [0.1, 0.15) is 6.33 Å². The van der Waals surface area contributed by atoms with Gasteiger partial charge in [0.25, 0.3) is 0 Å². The Hall–Kier alpha value is -3.10. The van der Waals surface area contributed by atoms with Crippen molar-refractivity contribution in [1.82, 2.24) is 9.97 Å². The van der Waals surface area contributed by atoms with E-state index in [1.807, 2.05) is 23.1 Å². The highest BCUT2D eigenvalue weighted by Gasteiger charge is 2.28. The lowest BCUT2D eigenvalue weighted by Crippen LogP contribution is -2.34. The van der Waals surface area contributed by atoms with Crippen LogP contribution in [0.3, 0.4) is 0 Å². The van der Waals surface area contributed by atoms with Crippen LogP contribution in [-0.4, -0.2) is 48.7 Å². The van der Waals surface area contributed by atoms with Crippen molar-refractivity contribution in [2.24, 2.45) is 5.92 Å². The predicted molar refractivity (Wildman–Crippen MR) is 111 cm³/mol. The molecule has 1 aromatic heterocycles. The molecule has 2 aromatic rings. The van der Waals surface area contributed by atoms with Crippen molar-refractivity contribution in [3.05, 3.63) is 40.2 Å². The zero-order valence-electron chi connectivity index (χ0n) is 17.1. The minimum Gasteiger partial charge on any atom is -0.493 e. The van der Waals surface area contributed by atoms with E-state index in [0.29, 0.717) is 36.2 Å². The molecule has 3 rings (SSSR count). The molecular weight excluding hydrogens is 374 g/mol. The van der Waals surface area contributed by atoms with Gasteiger partial charge in [-0.1, -0.05) is 13.0 Å². The summed E-state index contributed by atoms with van der Waals surface area (Å²) in [7, 11) is 3.18. The Balaban J connectivity index is 1.72. The second-order valence-electron chi connectivity index (χ2n) is 7.19. The molecule has 1 N–H and O–H groups in total. The van der Waals surface area contributed by atoms with Gasteiger partial charge in [-0.15, -0.1) is 0 Å². The lowest BCUT2D eigenvalue weighted by molar-refractivity contribution is -0.383. The SMILES string of the molecule is COc1ccc(CCNc2ncnc(N3CCC(C)CC3)c2[N+](=O)[O-])cc1OC. The fraction of sp³-hybridized carbons (Fsp3) is 0.500. The van der Waals surface area contributed by atoms with Crippen LogP contribution in [0, 0.1) is 16.0 Å². The van der Waals surface area contributed by atoms with Gasteiger partial charge in [0.15, 0.2) is 11.5 Å². The maximum atomic E-state index is 11.8. The van der Waals surface area contributed by atoms with E-state index in [-0.39, 0.29) is 11.5 Å². The van der Waals surface area contributed by atoms with E-state index < -0.39 is 4.92 Å². The number of methoxy groups -OCH3 is 2. The van der Waals surface area contributed by atoms with Crippen LogP contribution in [0.1, 0.15) is 25.3 Å². The molecule has 0 spiro atoms. The number of benzene rings is 1. The van der Waals surface area contributed by atoms with Gasteiger partial charge < -0.3 is 19.7 Å². The maximum Gasteiger partial charge on any atom is 0.353 e. The number of hydrogen-bond acceptors (Lipinski definition) is 8. The third-order valence-electron chi connectivity index (χ3n) is 5.22. The summed E-state index contributed by atoms with van der Waals surface area (Å²) in [6.45, 7) is 4.23. The summed E-state index contributed by atoms with van der Waals surface area (Å²) in [6.07, 6.45) is 4.05. The van der Waals surface area contributed by atoms with Crippen molar-refractivity contribution in [2.45, 2.75) is 26.2 Å². The van der Waals surface area contributed by atoms with Gasteiger partial charge >= 0.3 is 5.69 Å². The van der Waals surface area contributed by atoms with Crippen LogP contribution < -0.4 is 19.7 Å². The second-order valence-corrected chi connectivity index (χ2v) is 7.19. The molecule has 1 aliphatic rings. The molecule has 156 valence electrons. The van der Waals surface area contributed by atoms with Crippen molar-refractivity contribution in [1.29, 1.82) is 0 Å². The average Bonchev–Trinajstić information content (AvgIpc) is 2.73. The van der Waals surface area contributed by atoms with Gasteiger partial charge in [0, 0.05) is 19.6 Å². The summed E-state index contributed by atoms with van der Waals surface area (Å²) in [4.78, 5) is 21.7. The molecule has 0 bridgehead atoms. The van der Waals surface area contributed by atoms with Crippen molar-refractivity contribution >= 4 is 17.3 Å². The Labute approximate surface area is 170 Å². The smallest absolute Gasteiger partial charge is 0.353 e. The first kappa shape index (κ1) is 20.6. The molecule has 1 saturated heterocycles. The molecule has 1 fully saturated rings. The van der Waals surface area contributed by atoms with Crippen LogP contribution in [-0.2, 0) is 6.42 Å². The van der Waals surface area contributed by atoms with Gasteiger partial charge in [-0.25, -0.2) is 9.97 Å². The van der Waals surface area contributed by atoms with Gasteiger partial charge in [-0.3, -0.25) is 10.1 Å². The zero-order chi connectivity index (χ0) is 20.8. The number of hydrogen-bond donors (Lipinski definition) is 1. The van der Waals surface area contributed by atoms with E-state index >= 15 is 0 Å². The topological polar surface area (TPSA) is 103 Å². The predicted octanol–water partition coefficient (Wildman–Crippen LogP) is 3.29. The summed E-state index contributed by atoms with van der Waals surface area (Å²) in [5, 5.41) is 14.9. The van der Waals surface area contributed by atoms with Crippen molar-refractivity contribution in [3.8, 4) is 11.5 Å². The highest BCUT2D eigenvalue weighted by atomic mass is 16.6. The molecule has 1 aromatic carbocycles. The number of ether oxygens (including phenoxy) is 2. The normalized spacial score (nSPS) is 14.5. The molecular formula is C20H27N5O4. The zero-order valence-corrected chi connectivity index (χ0v) is 17.1. The summed E-state index contributed by atoms with van der Waals surface area (Å²) in [5.74, 6) is 2.59. The van der Waals surface area contributed by atoms with E-state index in [9.17, 15) is 10.1 Å². The Morgan fingerprint density at radius 3 is 2.59 bits per heavy atom. The van der Waals surface area contributed by atoms with Crippen LogP contribution >= 0.6 is 0 Å². The van der Waals surface area contributed by atoms with Crippen molar-refractivity contribution < 1.29 is 14.4 Å². The largest absolute Gasteiger partial charge is 0.493 e. The first-order chi connectivity index (χ1) is 14.0. The molecule has 9 nitrogen and oxygen atoms in total. The van der Waals surface area contributed by atoms with Gasteiger partial charge in [-0.05, 0) is 42.9 Å². The number of rotatable bonds is 8. The van der Waals surface area contributed by atoms with Crippen LogP contribution in [0.5, 0.6) is 11.5 Å². The molecule has 0 unspecified atom stereocenters. The summed E-state index contributed by atoms with van der Waals surface area (Å²) in [6, 6.07) is 5.68. The fourth-order valence-corrected chi connectivity index (χ4v) is 3.48. The Bertz CT molecular complexity index is 853. The van der Waals surface area contributed by atoms with Crippen LogP contribution in [0.4, 0.5) is 17.3 Å². The van der Waals surface area contributed by atoms with Crippen LogP contribution in [0.2, 0.25) is 0 Å². The standard InChI is InChI=1S/C20H27N5O4/c1-14-7-10-24(11-8-14)20-18(25(26)27)19(22-13-23-20)21-9-6-15-4-5-16(28-2)17(12-15)29-3/h4-5,12-14H,6-11H2,1-3H3,(H,21,22,23). The van der Waals surface area contributed by atoms with E-state index in [2.05, 4.69) is 22.2 Å². The van der Waals surface area contributed by atoms with E-state index in [1.54, 1.807) is 14.2 Å². The van der Waals surface area contributed by atoms with E-state index in [0.717, 1.165) is 31.5 Å². The monoisotopic (exact) mass is 401 g/mol. The number of nitrogens with zero attached hydrogens (tertiary/aromatic N) is 4. The molecule has 0 amide bonds. The molecule has 1 aliphatic heterocycles. The molecule has 0 atom stereocenters. The third kappa shape index (κ3) is 4.85. The number of anilines is 2. The van der Waals surface area contributed by atoms with Crippen LogP contribution in [0.15, 0.2) is 24.5 Å². The first-order valence-corrected chi connectivity index (χ1v) is 9.72. The Morgan fingerprint density at radius 1 is 1.21 bits per heavy atom. The minimum atomic E-state index is -0.397. The second kappa shape index (κ2) is 9.40. The van der Waals surface area contributed by atoms with Crippen molar-refractivity contribution in [2.75, 3.05) is 44.1 Å². The van der Waals surface area contributed by atoms with E-state index in [1.165, 1.54) is 6.33 Å². The number of piperidine rings is 1. The van der Waals surface area contributed by atoms with Crippen LogP contribution in [0.25, 0.3) is 0 Å². The summed E-state index contributed by atoms with van der Waals surface area (Å²) < 4.78 is 10.6. The number of nitro groups is 1. The molecule has 0 saturated carbocycles. The molecule has 0 aliphatic carbocycles. The van der Waals surface area contributed by atoms with Gasteiger partial charge in [0.2, 0.25) is 11.6 Å². The average molecular weight is 401 g/mol. The molecule has 9 heteroatoms. The van der Waals surface area contributed by atoms with Gasteiger partial charge in [0.05, 0.1) is 19.1 Å². The maximum absolute atomic E-state index is 11.8.